The largest absolute Gasteiger partial charge is 0.492 e. The molecule has 0 aliphatic carbocycles. The van der Waals surface area contributed by atoms with Crippen molar-refractivity contribution in [3.05, 3.63) is 54.1 Å². The summed E-state index contributed by atoms with van der Waals surface area (Å²) in [5, 5.41) is 0. The molecular formula is C18H22F2N2O3S. The molecule has 26 heavy (non-hydrogen) atoms. The van der Waals surface area contributed by atoms with Gasteiger partial charge in [-0.05, 0) is 43.3 Å². The van der Waals surface area contributed by atoms with E-state index in [9.17, 15) is 17.2 Å². The fourth-order valence-corrected chi connectivity index (χ4v) is 3.25. The number of ether oxygens (including phenoxy) is 1. The van der Waals surface area contributed by atoms with Crippen molar-refractivity contribution in [2.24, 2.45) is 0 Å². The van der Waals surface area contributed by atoms with Crippen LogP contribution in [0.15, 0.2) is 47.4 Å². The minimum absolute atomic E-state index is 0.187. The standard InChI is InChI=1S/C18H22F2N2O3S/c1-4-22(14-5-10-17(19)18(20)13-14)11-12-25-15-6-8-16(9-7-15)26(23,24)21(2)3/h5-10,13H,4,11-12H2,1-3H3. The van der Waals surface area contributed by atoms with Crippen LogP contribution in [0.4, 0.5) is 14.5 Å². The molecule has 0 aliphatic heterocycles. The first-order chi connectivity index (χ1) is 12.3. The van der Waals surface area contributed by atoms with Crippen LogP contribution >= 0.6 is 0 Å². The van der Waals surface area contributed by atoms with Gasteiger partial charge in [-0.1, -0.05) is 0 Å². The lowest BCUT2D eigenvalue weighted by atomic mass is 10.2. The van der Waals surface area contributed by atoms with Crippen molar-refractivity contribution in [2.75, 3.05) is 38.7 Å². The van der Waals surface area contributed by atoms with Crippen molar-refractivity contribution < 1.29 is 21.9 Å². The second kappa shape index (κ2) is 8.46. The zero-order chi connectivity index (χ0) is 19.3. The fourth-order valence-electron chi connectivity index (χ4n) is 2.34. The normalized spacial score (nSPS) is 11.6. The van der Waals surface area contributed by atoms with Gasteiger partial charge in [-0.25, -0.2) is 21.5 Å². The lowest BCUT2D eigenvalue weighted by molar-refractivity contribution is 0.324. The van der Waals surface area contributed by atoms with Crippen LogP contribution in [-0.4, -0.2) is 46.5 Å². The third-order valence-corrected chi connectivity index (χ3v) is 5.71. The molecule has 0 bridgehead atoms. The summed E-state index contributed by atoms with van der Waals surface area (Å²) in [5.41, 5.74) is 0.572. The molecule has 0 aromatic heterocycles. The third kappa shape index (κ3) is 4.70. The zero-order valence-electron chi connectivity index (χ0n) is 14.9. The van der Waals surface area contributed by atoms with Gasteiger partial charge in [-0.3, -0.25) is 0 Å². The van der Waals surface area contributed by atoms with Crippen LogP contribution in [0.25, 0.3) is 0 Å². The number of nitrogens with zero attached hydrogens (tertiary/aromatic N) is 2. The summed E-state index contributed by atoms with van der Waals surface area (Å²) in [6.07, 6.45) is 0. The molecule has 0 radical (unpaired) electrons. The first kappa shape index (κ1) is 20.1. The highest BCUT2D eigenvalue weighted by molar-refractivity contribution is 7.89. The molecule has 0 spiro atoms. The maximum absolute atomic E-state index is 13.4. The van der Waals surface area contributed by atoms with Crippen LogP contribution in [0.2, 0.25) is 0 Å². The van der Waals surface area contributed by atoms with E-state index in [0.717, 1.165) is 16.4 Å². The predicted octanol–water partition coefficient (Wildman–Crippen LogP) is 3.12. The molecule has 0 heterocycles. The van der Waals surface area contributed by atoms with Gasteiger partial charge in [0.25, 0.3) is 0 Å². The predicted molar refractivity (Wildman–Crippen MR) is 97.1 cm³/mol. The Morgan fingerprint density at radius 1 is 1.00 bits per heavy atom. The van der Waals surface area contributed by atoms with Gasteiger partial charge in [-0.2, -0.15) is 0 Å². The van der Waals surface area contributed by atoms with Gasteiger partial charge in [0.1, 0.15) is 12.4 Å². The van der Waals surface area contributed by atoms with Gasteiger partial charge in [-0.15, -0.1) is 0 Å². The average molecular weight is 384 g/mol. The topological polar surface area (TPSA) is 49.9 Å². The second-order valence-corrected chi connectivity index (χ2v) is 7.94. The van der Waals surface area contributed by atoms with Gasteiger partial charge >= 0.3 is 0 Å². The number of halogens is 2. The average Bonchev–Trinajstić information content (AvgIpc) is 2.61. The van der Waals surface area contributed by atoms with Crippen molar-refractivity contribution in [3.8, 4) is 5.75 Å². The summed E-state index contributed by atoms with van der Waals surface area (Å²) >= 11 is 0. The lowest BCUT2D eigenvalue weighted by Crippen LogP contribution is -2.28. The highest BCUT2D eigenvalue weighted by atomic mass is 32.2. The van der Waals surface area contributed by atoms with E-state index >= 15 is 0 Å². The molecule has 142 valence electrons. The summed E-state index contributed by atoms with van der Waals surface area (Å²) in [6.45, 7) is 3.29. The molecule has 0 saturated carbocycles. The number of hydrogen-bond acceptors (Lipinski definition) is 4. The maximum atomic E-state index is 13.4. The molecule has 8 heteroatoms. The molecule has 0 N–H and O–H groups in total. The molecule has 2 aromatic carbocycles. The van der Waals surface area contributed by atoms with Crippen LogP contribution in [0.1, 0.15) is 6.92 Å². The van der Waals surface area contributed by atoms with Crippen molar-refractivity contribution in [1.82, 2.24) is 4.31 Å². The highest BCUT2D eigenvalue weighted by Crippen LogP contribution is 2.20. The second-order valence-electron chi connectivity index (χ2n) is 5.79. The van der Waals surface area contributed by atoms with E-state index in [1.54, 1.807) is 12.1 Å². The summed E-state index contributed by atoms with van der Waals surface area (Å²) in [6, 6.07) is 9.91. The Labute approximate surface area is 152 Å². The first-order valence-corrected chi connectivity index (χ1v) is 9.55. The smallest absolute Gasteiger partial charge is 0.242 e. The molecule has 0 saturated heterocycles. The molecule has 0 fully saturated rings. The zero-order valence-corrected chi connectivity index (χ0v) is 15.8. The fraction of sp³-hybridized carbons (Fsp3) is 0.333. The lowest BCUT2D eigenvalue weighted by Gasteiger charge is -2.23. The number of hydrogen-bond donors (Lipinski definition) is 0. The van der Waals surface area contributed by atoms with Crippen LogP contribution < -0.4 is 9.64 Å². The number of benzene rings is 2. The Bertz CT molecular complexity index is 840. The Morgan fingerprint density at radius 2 is 1.65 bits per heavy atom. The Balaban J connectivity index is 1.97. The molecule has 2 aromatic rings. The third-order valence-electron chi connectivity index (χ3n) is 3.88. The molecule has 0 amide bonds. The van der Waals surface area contributed by atoms with E-state index < -0.39 is 21.7 Å². The molecule has 0 atom stereocenters. The minimum Gasteiger partial charge on any atom is -0.492 e. The quantitative estimate of drug-likeness (QED) is 0.702. The van der Waals surface area contributed by atoms with Gasteiger partial charge in [0.15, 0.2) is 11.6 Å². The van der Waals surface area contributed by atoms with Crippen molar-refractivity contribution in [1.29, 1.82) is 0 Å². The summed E-state index contributed by atoms with van der Waals surface area (Å²) < 4.78 is 57.2. The van der Waals surface area contributed by atoms with Gasteiger partial charge in [0.2, 0.25) is 10.0 Å². The van der Waals surface area contributed by atoms with E-state index in [1.807, 2.05) is 11.8 Å². The van der Waals surface area contributed by atoms with Crippen molar-refractivity contribution in [2.45, 2.75) is 11.8 Å². The number of likely N-dealkylation sites (N-methyl/N-ethyl adjacent to an activating group) is 1. The molecule has 5 nitrogen and oxygen atoms in total. The van der Waals surface area contributed by atoms with E-state index in [1.165, 1.54) is 32.3 Å². The Kier molecular flexibility index (Phi) is 6.55. The number of sulfonamides is 1. The summed E-state index contributed by atoms with van der Waals surface area (Å²) in [7, 11) is -0.533. The van der Waals surface area contributed by atoms with E-state index in [2.05, 4.69) is 0 Å². The van der Waals surface area contributed by atoms with Crippen LogP contribution in [0, 0.1) is 11.6 Å². The van der Waals surface area contributed by atoms with Crippen LogP contribution in [0.5, 0.6) is 5.75 Å². The monoisotopic (exact) mass is 384 g/mol. The maximum Gasteiger partial charge on any atom is 0.242 e. The minimum atomic E-state index is -3.47. The Hall–Kier alpha value is -2.19. The van der Waals surface area contributed by atoms with Crippen molar-refractivity contribution >= 4 is 15.7 Å². The molecular weight excluding hydrogens is 362 g/mol. The van der Waals surface area contributed by atoms with E-state index in [0.29, 0.717) is 31.1 Å². The van der Waals surface area contributed by atoms with Gasteiger partial charge < -0.3 is 9.64 Å². The van der Waals surface area contributed by atoms with Gasteiger partial charge in [0, 0.05) is 32.4 Å². The summed E-state index contributed by atoms with van der Waals surface area (Å²) in [4.78, 5) is 2.04. The van der Waals surface area contributed by atoms with Crippen LogP contribution in [-0.2, 0) is 10.0 Å². The van der Waals surface area contributed by atoms with E-state index in [4.69, 9.17) is 4.74 Å². The number of anilines is 1. The Morgan fingerprint density at radius 3 is 2.19 bits per heavy atom. The van der Waals surface area contributed by atoms with Crippen molar-refractivity contribution in [3.63, 3.8) is 0 Å². The van der Waals surface area contributed by atoms with E-state index in [-0.39, 0.29) is 4.90 Å². The molecule has 2 rings (SSSR count). The molecule has 0 aliphatic rings. The first-order valence-electron chi connectivity index (χ1n) is 8.11. The van der Waals surface area contributed by atoms with Crippen LogP contribution in [0.3, 0.4) is 0 Å². The highest BCUT2D eigenvalue weighted by Gasteiger charge is 2.16. The number of rotatable bonds is 8. The summed E-state index contributed by atoms with van der Waals surface area (Å²) in [5.74, 6) is -1.24. The molecule has 0 unspecified atom stereocenters. The van der Waals surface area contributed by atoms with Gasteiger partial charge in [0.05, 0.1) is 11.4 Å². The SMILES string of the molecule is CCN(CCOc1ccc(S(=O)(=O)N(C)C)cc1)c1ccc(F)c(F)c1.